The lowest BCUT2D eigenvalue weighted by Gasteiger charge is -2.31. The van der Waals surface area contributed by atoms with Crippen LogP contribution in [0.3, 0.4) is 0 Å². The van der Waals surface area contributed by atoms with Crippen LogP contribution < -0.4 is 9.47 Å². The van der Waals surface area contributed by atoms with E-state index < -0.39 is 0 Å². The van der Waals surface area contributed by atoms with Crippen molar-refractivity contribution in [1.82, 2.24) is 10.1 Å². The summed E-state index contributed by atoms with van der Waals surface area (Å²) in [6.45, 7) is 3.46. The molecule has 2 heterocycles. The molecule has 5 rings (SSSR count). The van der Waals surface area contributed by atoms with Crippen molar-refractivity contribution < 1.29 is 23.2 Å². The molecule has 7 heteroatoms. The van der Waals surface area contributed by atoms with Gasteiger partial charge >= 0.3 is 0 Å². The Labute approximate surface area is 209 Å². The molecule has 0 spiro atoms. The summed E-state index contributed by atoms with van der Waals surface area (Å²) in [4.78, 5) is 13.4. The molecule has 1 aliphatic heterocycles. The second kappa shape index (κ2) is 10.9. The molecule has 0 bridgehead atoms. The van der Waals surface area contributed by atoms with Gasteiger partial charge in [0.15, 0.2) is 17.1 Å². The molecule has 3 aromatic carbocycles. The predicted octanol–water partition coefficient (Wildman–Crippen LogP) is 6.10. The third kappa shape index (κ3) is 5.11. The minimum Gasteiger partial charge on any atom is -0.493 e. The van der Waals surface area contributed by atoms with Crippen molar-refractivity contribution in [3.05, 3.63) is 77.7 Å². The lowest BCUT2D eigenvalue weighted by atomic mass is 9.91. The number of methoxy groups -OCH3 is 1. The van der Waals surface area contributed by atoms with Crippen LogP contribution in [-0.4, -0.2) is 49.7 Å². The van der Waals surface area contributed by atoms with Crippen LogP contribution in [-0.2, 0) is 0 Å². The second-order valence-electron chi connectivity index (χ2n) is 9.10. The molecule has 0 unspecified atom stereocenters. The van der Waals surface area contributed by atoms with E-state index in [2.05, 4.69) is 10.1 Å². The minimum atomic E-state index is -0.307. The molecular weight excluding hydrogens is 459 g/mol. The Morgan fingerprint density at radius 2 is 1.92 bits per heavy atom. The summed E-state index contributed by atoms with van der Waals surface area (Å²) in [5.74, 6) is 1.42. The van der Waals surface area contributed by atoms with Crippen molar-refractivity contribution in [2.75, 3.05) is 33.4 Å². The molecule has 4 aromatic rings. The fraction of sp³-hybridized carbons (Fsp3) is 0.310. The number of rotatable bonds is 9. The van der Waals surface area contributed by atoms with Crippen molar-refractivity contribution in [2.45, 2.75) is 25.2 Å². The van der Waals surface area contributed by atoms with Crippen molar-refractivity contribution >= 4 is 17.3 Å². The highest BCUT2D eigenvalue weighted by Crippen LogP contribution is 2.38. The Kier molecular flexibility index (Phi) is 7.28. The highest BCUT2D eigenvalue weighted by Gasteiger charge is 2.25. The van der Waals surface area contributed by atoms with Crippen LogP contribution in [0.4, 0.5) is 4.39 Å². The highest BCUT2D eigenvalue weighted by atomic mass is 19.1. The van der Waals surface area contributed by atoms with Gasteiger partial charge in [0.1, 0.15) is 12.1 Å². The van der Waals surface area contributed by atoms with Crippen molar-refractivity contribution in [3.8, 4) is 22.6 Å². The van der Waals surface area contributed by atoms with E-state index in [9.17, 15) is 9.18 Å². The number of nitrogens with zero attached hydrogens (tertiary/aromatic N) is 2. The first kappa shape index (κ1) is 24.0. The zero-order chi connectivity index (χ0) is 24.9. The quantitative estimate of drug-likeness (QED) is 0.209. The maximum absolute atomic E-state index is 13.5. The normalized spacial score (nSPS) is 14.7. The molecule has 0 saturated carbocycles. The van der Waals surface area contributed by atoms with Crippen molar-refractivity contribution in [1.29, 1.82) is 0 Å². The molecule has 1 saturated heterocycles. The van der Waals surface area contributed by atoms with Gasteiger partial charge in [0.25, 0.3) is 0 Å². The standard InChI is InChI=1S/C29H29FN2O4/c1-34-26-5-2-4-24(21-8-6-20(19-33)7-9-21)29(26)35-17-3-14-32-15-12-22(13-16-32)28-25-11-10-23(30)18-27(25)36-31-28/h2,4-11,18-19,22H,3,12-17H2,1H3. The summed E-state index contributed by atoms with van der Waals surface area (Å²) >= 11 is 0. The SMILES string of the molecule is COc1cccc(-c2ccc(C=O)cc2)c1OCCCN1CCC(c2noc3cc(F)ccc23)CC1. The Morgan fingerprint density at radius 3 is 2.67 bits per heavy atom. The number of aldehydes is 1. The van der Waals surface area contributed by atoms with Gasteiger partial charge in [-0.25, -0.2) is 4.39 Å². The van der Waals surface area contributed by atoms with Crippen LogP contribution in [0, 0.1) is 5.82 Å². The molecule has 0 amide bonds. The number of halogens is 1. The van der Waals surface area contributed by atoms with Gasteiger partial charge in [0.2, 0.25) is 0 Å². The molecule has 0 radical (unpaired) electrons. The third-order valence-corrected chi connectivity index (χ3v) is 6.86. The molecule has 186 valence electrons. The lowest BCUT2D eigenvalue weighted by molar-refractivity contribution is 0.112. The molecule has 36 heavy (non-hydrogen) atoms. The molecule has 1 aliphatic rings. The average molecular weight is 489 g/mol. The molecular formula is C29H29FN2O4. The number of aromatic nitrogens is 1. The largest absolute Gasteiger partial charge is 0.493 e. The van der Waals surface area contributed by atoms with E-state index in [4.69, 9.17) is 14.0 Å². The number of benzene rings is 3. The average Bonchev–Trinajstić information content (AvgIpc) is 3.34. The molecule has 0 atom stereocenters. The van der Waals surface area contributed by atoms with Gasteiger partial charge < -0.3 is 18.9 Å². The van der Waals surface area contributed by atoms with Gasteiger partial charge in [-0.05, 0) is 56.1 Å². The maximum atomic E-state index is 13.5. The third-order valence-electron chi connectivity index (χ3n) is 6.86. The second-order valence-corrected chi connectivity index (χ2v) is 9.10. The minimum absolute atomic E-state index is 0.307. The van der Waals surface area contributed by atoms with Crippen LogP contribution in [0.5, 0.6) is 11.5 Å². The monoisotopic (exact) mass is 488 g/mol. The number of carbonyl (C=O) groups excluding carboxylic acids is 1. The van der Waals surface area contributed by atoms with Crippen molar-refractivity contribution in [2.24, 2.45) is 0 Å². The smallest absolute Gasteiger partial charge is 0.170 e. The van der Waals surface area contributed by atoms with Gasteiger partial charge in [-0.3, -0.25) is 4.79 Å². The Balaban J connectivity index is 1.15. The van der Waals surface area contributed by atoms with E-state index >= 15 is 0 Å². The first-order chi connectivity index (χ1) is 17.7. The van der Waals surface area contributed by atoms with E-state index in [0.29, 0.717) is 35.2 Å². The fourth-order valence-electron chi connectivity index (χ4n) is 4.91. The van der Waals surface area contributed by atoms with E-state index in [1.807, 2.05) is 30.3 Å². The van der Waals surface area contributed by atoms with E-state index in [-0.39, 0.29) is 5.82 Å². The number of hydrogen-bond donors (Lipinski definition) is 0. The van der Waals surface area contributed by atoms with E-state index in [0.717, 1.165) is 67.4 Å². The number of ether oxygens (including phenoxy) is 2. The lowest BCUT2D eigenvalue weighted by Crippen LogP contribution is -2.34. The first-order valence-electron chi connectivity index (χ1n) is 12.3. The van der Waals surface area contributed by atoms with Crippen LogP contribution in [0.1, 0.15) is 41.2 Å². The molecule has 1 fully saturated rings. The number of para-hydroxylation sites is 1. The fourth-order valence-corrected chi connectivity index (χ4v) is 4.91. The summed E-state index contributed by atoms with van der Waals surface area (Å²) < 4.78 is 30.6. The molecule has 0 aliphatic carbocycles. The Morgan fingerprint density at radius 1 is 1.11 bits per heavy atom. The number of piperidine rings is 1. The number of hydrogen-bond acceptors (Lipinski definition) is 6. The van der Waals surface area contributed by atoms with Crippen molar-refractivity contribution in [3.63, 3.8) is 0 Å². The van der Waals surface area contributed by atoms with E-state index in [1.165, 1.54) is 12.1 Å². The number of carbonyl (C=O) groups is 1. The zero-order valence-electron chi connectivity index (χ0n) is 20.3. The molecule has 1 aromatic heterocycles. The first-order valence-corrected chi connectivity index (χ1v) is 12.3. The molecule has 6 nitrogen and oxygen atoms in total. The van der Waals surface area contributed by atoms with E-state index in [1.54, 1.807) is 25.3 Å². The van der Waals surface area contributed by atoms with Crippen LogP contribution in [0.25, 0.3) is 22.1 Å². The summed E-state index contributed by atoms with van der Waals surface area (Å²) in [5, 5.41) is 5.16. The Bertz CT molecular complexity index is 1330. The van der Waals surface area contributed by atoms with Gasteiger partial charge in [-0.1, -0.05) is 41.6 Å². The number of likely N-dealkylation sites (tertiary alicyclic amines) is 1. The topological polar surface area (TPSA) is 64.8 Å². The predicted molar refractivity (Wildman–Crippen MR) is 136 cm³/mol. The summed E-state index contributed by atoms with van der Waals surface area (Å²) in [6.07, 6.45) is 3.71. The van der Waals surface area contributed by atoms with Gasteiger partial charge in [-0.15, -0.1) is 0 Å². The van der Waals surface area contributed by atoms with Gasteiger partial charge in [-0.2, -0.15) is 0 Å². The zero-order valence-corrected chi connectivity index (χ0v) is 20.3. The Hall–Kier alpha value is -3.71. The summed E-state index contributed by atoms with van der Waals surface area (Å²) in [7, 11) is 1.64. The van der Waals surface area contributed by atoms with Crippen LogP contribution in [0.2, 0.25) is 0 Å². The number of fused-ring (bicyclic) bond motifs is 1. The summed E-state index contributed by atoms with van der Waals surface area (Å²) in [5.41, 5.74) is 4.00. The summed E-state index contributed by atoms with van der Waals surface area (Å²) in [6, 6.07) is 17.9. The van der Waals surface area contributed by atoms with Crippen LogP contribution in [0.15, 0.2) is 65.2 Å². The maximum Gasteiger partial charge on any atom is 0.170 e. The van der Waals surface area contributed by atoms with Gasteiger partial charge in [0, 0.05) is 35.0 Å². The highest BCUT2D eigenvalue weighted by molar-refractivity contribution is 5.80. The molecule has 0 N–H and O–H groups in total. The van der Waals surface area contributed by atoms with Crippen LogP contribution >= 0.6 is 0 Å². The van der Waals surface area contributed by atoms with Gasteiger partial charge in [0.05, 0.1) is 19.4 Å².